The fraction of sp³-hybridized carbons (Fsp3) is 0.385. The molecular formula is C13H16. The Labute approximate surface area is 80.3 Å². The molecule has 0 unspecified atom stereocenters. The topological polar surface area (TPSA) is 0 Å². The Balaban J connectivity index is 2.20. The average molecular weight is 172 g/mol. The van der Waals surface area contributed by atoms with Crippen molar-refractivity contribution in [3.05, 3.63) is 47.0 Å². The lowest BCUT2D eigenvalue weighted by atomic mass is 10.0. The van der Waals surface area contributed by atoms with Crippen LogP contribution in [-0.2, 0) is 19.3 Å². The molecule has 0 atom stereocenters. The monoisotopic (exact) mass is 172 g/mol. The number of hydrogen-bond acceptors (Lipinski definition) is 0. The first kappa shape index (κ1) is 8.55. The van der Waals surface area contributed by atoms with Crippen LogP contribution < -0.4 is 0 Å². The van der Waals surface area contributed by atoms with E-state index in [1.165, 1.54) is 24.8 Å². The van der Waals surface area contributed by atoms with Crippen molar-refractivity contribution in [3.63, 3.8) is 0 Å². The first-order valence-corrected chi connectivity index (χ1v) is 5.12. The zero-order valence-corrected chi connectivity index (χ0v) is 8.22. The highest BCUT2D eigenvalue weighted by Gasteiger charge is 2.09. The van der Waals surface area contributed by atoms with Crippen LogP contribution in [-0.4, -0.2) is 0 Å². The third-order valence-corrected chi connectivity index (χ3v) is 2.75. The van der Waals surface area contributed by atoms with Gasteiger partial charge < -0.3 is 0 Å². The largest absolute Gasteiger partial charge is 0.0913 e. The van der Waals surface area contributed by atoms with Crippen LogP contribution in [0.3, 0.4) is 0 Å². The van der Waals surface area contributed by atoms with Crippen LogP contribution in [0.15, 0.2) is 30.4 Å². The molecule has 0 saturated heterocycles. The van der Waals surface area contributed by atoms with Crippen molar-refractivity contribution in [3.8, 4) is 0 Å². The summed E-state index contributed by atoms with van der Waals surface area (Å²) >= 11 is 0. The van der Waals surface area contributed by atoms with Crippen molar-refractivity contribution in [1.29, 1.82) is 0 Å². The lowest BCUT2D eigenvalue weighted by Crippen LogP contribution is -1.86. The third kappa shape index (κ3) is 1.82. The molecule has 68 valence electrons. The van der Waals surface area contributed by atoms with Crippen molar-refractivity contribution < 1.29 is 0 Å². The minimum Gasteiger partial charge on any atom is -0.0913 e. The smallest absolute Gasteiger partial charge is 0.00975 e. The molecule has 0 heteroatoms. The minimum absolute atomic E-state index is 1.09. The molecule has 2 rings (SSSR count). The molecular weight excluding hydrogens is 156 g/mol. The number of hydrogen-bond donors (Lipinski definition) is 0. The van der Waals surface area contributed by atoms with Crippen LogP contribution in [0, 0.1) is 0 Å². The molecule has 0 spiro atoms. The van der Waals surface area contributed by atoms with Gasteiger partial charge in [-0.1, -0.05) is 30.4 Å². The van der Waals surface area contributed by atoms with Crippen molar-refractivity contribution in [2.45, 2.75) is 32.6 Å². The lowest BCUT2D eigenvalue weighted by Gasteiger charge is -2.01. The molecule has 0 aromatic heterocycles. The van der Waals surface area contributed by atoms with E-state index in [0.29, 0.717) is 0 Å². The van der Waals surface area contributed by atoms with Crippen LogP contribution in [0.5, 0.6) is 0 Å². The van der Waals surface area contributed by atoms with Crippen molar-refractivity contribution >= 4 is 0 Å². The summed E-state index contributed by atoms with van der Waals surface area (Å²) in [7, 11) is 0. The second-order valence-corrected chi connectivity index (χ2v) is 3.73. The quantitative estimate of drug-likeness (QED) is 0.600. The summed E-state index contributed by atoms with van der Waals surface area (Å²) < 4.78 is 0. The summed E-state index contributed by atoms with van der Waals surface area (Å²) in [5.74, 6) is 0. The number of aryl methyl sites for hydroxylation is 2. The standard InChI is InChI=1S/C13H16/c1-2-3-5-11-8-9-12-6-4-7-13(12)10-11/h2-3,8-10H,4-7H2,1H3/b3-2+. The Kier molecular flexibility index (Phi) is 2.49. The third-order valence-electron chi connectivity index (χ3n) is 2.75. The molecule has 0 nitrogen and oxygen atoms in total. The molecule has 0 amide bonds. The van der Waals surface area contributed by atoms with E-state index in [1.54, 1.807) is 11.1 Å². The first-order chi connectivity index (χ1) is 6.40. The average Bonchev–Trinajstić information content (AvgIpc) is 2.61. The summed E-state index contributed by atoms with van der Waals surface area (Å²) in [6.45, 7) is 2.08. The fourth-order valence-corrected chi connectivity index (χ4v) is 2.01. The molecule has 0 bridgehead atoms. The van der Waals surface area contributed by atoms with Crippen molar-refractivity contribution in [2.75, 3.05) is 0 Å². The van der Waals surface area contributed by atoms with Crippen LogP contribution >= 0.6 is 0 Å². The SMILES string of the molecule is C/C=C/Cc1ccc2c(c1)CCC2. The van der Waals surface area contributed by atoms with Gasteiger partial charge in [0.2, 0.25) is 0 Å². The number of fused-ring (bicyclic) bond motifs is 1. The van der Waals surface area contributed by atoms with Gasteiger partial charge in [0, 0.05) is 0 Å². The Morgan fingerprint density at radius 2 is 2.08 bits per heavy atom. The predicted octanol–water partition coefficient (Wildman–Crippen LogP) is 3.29. The van der Waals surface area contributed by atoms with Gasteiger partial charge in [-0.2, -0.15) is 0 Å². The van der Waals surface area contributed by atoms with Gasteiger partial charge in [-0.15, -0.1) is 0 Å². The zero-order valence-electron chi connectivity index (χ0n) is 8.22. The van der Waals surface area contributed by atoms with Gasteiger partial charge >= 0.3 is 0 Å². The normalized spacial score (nSPS) is 15.2. The summed E-state index contributed by atoms with van der Waals surface area (Å²) in [5, 5.41) is 0. The van der Waals surface area contributed by atoms with E-state index < -0.39 is 0 Å². The van der Waals surface area contributed by atoms with Gasteiger partial charge in [-0.3, -0.25) is 0 Å². The Bertz CT molecular complexity index is 321. The minimum atomic E-state index is 1.09. The molecule has 13 heavy (non-hydrogen) atoms. The Morgan fingerprint density at radius 3 is 2.92 bits per heavy atom. The molecule has 0 saturated carbocycles. The highest BCUT2D eigenvalue weighted by molar-refractivity contribution is 5.35. The zero-order chi connectivity index (χ0) is 9.10. The highest BCUT2D eigenvalue weighted by atomic mass is 14.1. The van der Waals surface area contributed by atoms with E-state index in [1.807, 2.05) is 0 Å². The van der Waals surface area contributed by atoms with Gasteiger partial charge in [0.25, 0.3) is 0 Å². The van der Waals surface area contributed by atoms with Crippen LogP contribution in [0.4, 0.5) is 0 Å². The number of rotatable bonds is 2. The summed E-state index contributed by atoms with van der Waals surface area (Å²) in [6, 6.07) is 6.95. The van der Waals surface area contributed by atoms with Crippen molar-refractivity contribution in [2.24, 2.45) is 0 Å². The Hall–Kier alpha value is -1.04. The van der Waals surface area contributed by atoms with Crippen LogP contribution in [0.1, 0.15) is 30.0 Å². The molecule has 1 aromatic rings. The maximum atomic E-state index is 2.38. The molecule has 0 fully saturated rings. The van der Waals surface area contributed by atoms with E-state index in [-0.39, 0.29) is 0 Å². The maximum Gasteiger partial charge on any atom is -0.00975 e. The predicted molar refractivity (Wildman–Crippen MR) is 57.0 cm³/mol. The van der Waals surface area contributed by atoms with Gasteiger partial charge in [0.05, 0.1) is 0 Å². The first-order valence-electron chi connectivity index (χ1n) is 5.12. The van der Waals surface area contributed by atoms with Crippen LogP contribution in [0.25, 0.3) is 0 Å². The fourth-order valence-electron chi connectivity index (χ4n) is 2.01. The van der Waals surface area contributed by atoms with Gasteiger partial charge in [-0.25, -0.2) is 0 Å². The van der Waals surface area contributed by atoms with E-state index in [4.69, 9.17) is 0 Å². The molecule has 1 aliphatic rings. The molecule has 0 aliphatic heterocycles. The highest BCUT2D eigenvalue weighted by Crippen LogP contribution is 2.22. The molecule has 1 aromatic carbocycles. The summed E-state index contributed by atoms with van der Waals surface area (Å²) in [4.78, 5) is 0. The van der Waals surface area contributed by atoms with E-state index >= 15 is 0 Å². The lowest BCUT2D eigenvalue weighted by molar-refractivity contribution is 0.911. The van der Waals surface area contributed by atoms with Gasteiger partial charge in [-0.05, 0) is 49.3 Å². The summed E-state index contributed by atoms with van der Waals surface area (Å²) in [6.07, 6.45) is 9.36. The Morgan fingerprint density at radius 1 is 1.23 bits per heavy atom. The second-order valence-electron chi connectivity index (χ2n) is 3.73. The van der Waals surface area contributed by atoms with E-state index in [0.717, 1.165) is 6.42 Å². The number of allylic oxidation sites excluding steroid dienone is 2. The van der Waals surface area contributed by atoms with Gasteiger partial charge in [0.15, 0.2) is 0 Å². The van der Waals surface area contributed by atoms with E-state index in [2.05, 4.69) is 37.3 Å². The van der Waals surface area contributed by atoms with Crippen LogP contribution in [0.2, 0.25) is 0 Å². The molecule has 0 heterocycles. The molecule has 0 radical (unpaired) electrons. The van der Waals surface area contributed by atoms with Crippen molar-refractivity contribution in [1.82, 2.24) is 0 Å². The maximum absolute atomic E-state index is 2.38. The number of benzene rings is 1. The molecule has 1 aliphatic carbocycles. The summed E-state index contributed by atoms with van der Waals surface area (Å²) in [5.41, 5.74) is 4.62. The molecule has 0 N–H and O–H groups in total. The van der Waals surface area contributed by atoms with E-state index in [9.17, 15) is 0 Å². The van der Waals surface area contributed by atoms with Gasteiger partial charge in [0.1, 0.15) is 0 Å². The second kappa shape index (κ2) is 3.78.